The minimum absolute atomic E-state index is 0.448. The first-order valence-corrected chi connectivity index (χ1v) is 13.5. The number of ether oxygens (including phenoxy) is 1. The van der Waals surface area contributed by atoms with Crippen molar-refractivity contribution in [3.8, 4) is 28.4 Å². The number of imidazole rings is 1. The Labute approximate surface area is 233 Å². The molecule has 4 heterocycles. The molecule has 0 spiro atoms. The van der Waals surface area contributed by atoms with Gasteiger partial charge in [-0.15, -0.1) is 0 Å². The number of aryl methyl sites for hydroxylation is 2. The van der Waals surface area contributed by atoms with Crippen LogP contribution in [0.2, 0.25) is 0 Å². The molecule has 3 aromatic heterocycles. The van der Waals surface area contributed by atoms with E-state index in [-0.39, 0.29) is 0 Å². The zero-order valence-corrected chi connectivity index (χ0v) is 23.4. The Hall–Kier alpha value is -4.57. The number of hydrogen-bond donors (Lipinski definition) is 3. The molecule has 6 rings (SSSR count). The second-order valence-electron chi connectivity index (χ2n) is 10.5. The molecule has 0 bridgehead atoms. The summed E-state index contributed by atoms with van der Waals surface area (Å²) < 4.78 is 8.10. The molecule has 10 nitrogen and oxygen atoms in total. The number of para-hydroxylation sites is 1. The molecule has 40 heavy (non-hydrogen) atoms. The monoisotopic (exact) mass is 537 g/mol. The molecular weight excluding hydrogens is 502 g/mol. The highest BCUT2D eigenvalue weighted by Crippen LogP contribution is 2.40. The van der Waals surface area contributed by atoms with Gasteiger partial charge in [-0.05, 0) is 38.6 Å². The topological polar surface area (TPSA) is 113 Å². The van der Waals surface area contributed by atoms with Crippen LogP contribution in [-0.2, 0) is 13.0 Å². The van der Waals surface area contributed by atoms with Crippen LogP contribution in [0.3, 0.4) is 0 Å². The second-order valence-corrected chi connectivity index (χ2v) is 10.5. The molecule has 0 amide bonds. The van der Waals surface area contributed by atoms with Crippen molar-refractivity contribution >= 4 is 33.9 Å². The Morgan fingerprint density at radius 2 is 2.00 bits per heavy atom. The largest absolute Gasteiger partial charge is 0.494 e. The fourth-order valence-electron chi connectivity index (χ4n) is 5.45. The molecule has 0 fully saturated rings. The van der Waals surface area contributed by atoms with Gasteiger partial charge in [-0.25, -0.2) is 15.0 Å². The van der Waals surface area contributed by atoms with Gasteiger partial charge in [0.05, 0.1) is 40.9 Å². The molecular formula is C30H35N9O. The summed E-state index contributed by atoms with van der Waals surface area (Å²) in [5.41, 5.74) is 14.1. The molecule has 5 aromatic rings. The summed E-state index contributed by atoms with van der Waals surface area (Å²) in [5, 5.41) is 4.55. The number of aromatic amines is 1. The van der Waals surface area contributed by atoms with Crippen LogP contribution in [0, 0.1) is 0 Å². The molecule has 0 radical (unpaired) electrons. The maximum atomic E-state index is 6.51. The second kappa shape index (κ2) is 10.5. The van der Waals surface area contributed by atoms with E-state index in [4.69, 9.17) is 15.5 Å². The molecule has 0 aliphatic carbocycles. The molecule has 0 unspecified atom stereocenters. The van der Waals surface area contributed by atoms with Gasteiger partial charge in [0, 0.05) is 68.5 Å². The van der Waals surface area contributed by atoms with E-state index in [1.165, 1.54) is 16.5 Å². The number of rotatable bonds is 9. The number of nitrogens with one attached hydrogen (secondary N) is 2. The van der Waals surface area contributed by atoms with E-state index in [2.05, 4.69) is 73.1 Å². The van der Waals surface area contributed by atoms with E-state index < -0.39 is 0 Å². The molecule has 0 saturated heterocycles. The highest BCUT2D eigenvalue weighted by molar-refractivity contribution is 6.00. The predicted octanol–water partition coefficient (Wildman–Crippen LogP) is 4.77. The summed E-state index contributed by atoms with van der Waals surface area (Å²) in [4.78, 5) is 21.7. The Bertz CT molecular complexity index is 1660. The number of nitrogens with two attached hydrogens (primary N) is 1. The highest BCUT2D eigenvalue weighted by Gasteiger charge is 2.22. The molecule has 10 heteroatoms. The molecule has 4 N–H and O–H groups in total. The standard InChI is InChI=1S/C30H35N9O/c1-37(2)13-14-38(3)25-16-26(40-4)24(15-23(25)31)35-30-34-17-21(29-32-10-11-33-29)27(36-30)22-18-39-12-6-8-19-7-5-9-20(22)28(19)39/h5,7,9-11,15-18H,6,8,12-14,31H2,1-4H3,(H,32,33)(H,34,35,36). The zero-order valence-electron chi connectivity index (χ0n) is 23.4. The maximum Gasteiger partial charge on any atom is 0.227 e. The molecule has 1 aliphatic heterocycles. The lowest BCUT2D eigenvalue weighted by atomic mass is 10.0. The molecule has 0 saturated carbocycles. The lowest BCUT2D eigenvalue weighted by Gasteiger charge is -2.24. The lowest BCUT2D eigenvalue weighted by Crippen LogP contribution is -2.29. The third kappa shape index (κ3) is 4.71. The van der Waals surface area contributed by atoms with Gasteiger partial charge >= 0.3 is 0 Å². The average Bonchev–Trinajstić information content (AvgIpc) is 3.62. The van der Waals surface area contributed by atoms with Crippen LogP contribution >= 0.6 is 0 Å². The summed E-state index contributed by atoms with van der Waals surface area (Å²) >= 11 is 0. The van der Waals surface area contributed by atoms with Crippen molar-refractivity contribution in [3.05, 3.63) is 60.7 Å². The van der Waals surface area contributed by atoms with Crippen molar-refractivity contribution in [1.29, 1.82) is 0 Å². The fourth-order valence-corrected chi connectivity index (χ4v) is 5.45. The molecule has 0 atom stereocenters. The van der Waals surface area contributed by atoms with Crippen molar-refractivity contribution in [2.75, 3.05) is 57.3 Å². The number of likely N-dealkylation sites (N-methyl/N-ethyl adjacent to an activating group) is 2. The predicted molar refractivity (Wildman–Crippen MR) is 161 cm³/mol. The minimum Gasteiger partial charge on any atom is -0.494 e. The molecule has 1 aliphatic rings. The number of benzene rings is 2. The average molecular weight is 538 g/mol. The van der Waals surface area contributed by atoms with E-state index in [0.717, 1.165) is 60.8 Å². The fraction of sp³-hybridized carbons (Fsp3) is 0.300. The van der Waals surface area contributed by atoms with E-state index in [1.54, 1.807) is 13.3 Å². The summed E-state index contributed by atoms with van der Waals surface area (Å²) in [7, 11) is 7.80. The third-order valence-electron chi connectivity index (χ3n) is 7.51. The quantitative estimate of drug-likeness (QED) is 0.231. The smallest absolute Gasteiger partial charge is 0.227 e. The van der Waals surface area contributed by atoms with Crippen LogP contribution in [0.1, 0.15) is 12.0 Å². The number of hydrogen-bond acceptors (Lipinski definition) is 8. The summed E-state index contributed by atoms with van der Waals surface area (Å²) in [6.45, 7) is 2.74. The van der Waals surface area contributed by atoms with Crippen molar-refractivity contribution in [2.24, 2.45) is 0 Å². The number of nitrogen functional groups attached to an aromatic ring is 1. The highest BCUT2D eigenvalue weighted by atomic mass is 16.5. The first-order valence-electron chi connectivity index (χ1n) is 13.5. The maximum absolute atomic E-state index is 6.51. The van der Waals surface area contributed by atoms with Crippen LogP contribution in [-0.4, -0.2) is 70.7 Å². The first kappa shape index (κ1) is 25.7. The van der Waals surface area contributed by atoms with Crippen LogP contribution in [0.25, 0.3) is 33.5 Å². The van der Waals surface area contributed by atoms with Crippen LogP contribution in [0.4, 0.5) is 23.0 Å². The Balaban J connectivity index is 1.41. The van der Waals surface area contributed by atoms with Crippen LogP contribution in [0.15, 0.2) is 55.1 Å². The van der Waals surface area contributed by atoms with Crippen molar-refractivity contribution in [3.63, 3.8) is 0 Å². The van der Waals surface area contributed by atoms with E-state index in [9.17, 15) is 0 Å². The summed E-state index contributed by atoms with van der Waals surface area (Å²) in [5.74, 6) is 1.83. The Morgan fingerprint density at radius 3 is 2.77 bits per heavy atom. The van der Waals surface area contributed by atoms with Crippen molar-refractivity contribution < 1.29 is 4.74 Å². The van der Waals surface area contributed by atoms with Crippen LogP contribution in [0.5, 0.6) is 5.75 Å². The van der Waals surface area contributed by atoms with Gasteiger partial charge < -0.3 is 35.1 Å². The van der Waals surface area contributed by atoms with Crippen LogP contribution < -0.4 is 20.7 Å². The number of aromatic nitrogens is 5. The summed E-state index contributed by atoms with van der Waals surface area (Å²) in [6.07, 6.45) is 9.79. The molecule has 206 valence electrons. The Kier molecular flexibility index (Phi) is 6.77. The van der Waals surface area contributed by atoms with Gasteiger partial charge in [0.2, 0.25) is 5.95 Å². The lowest BCUT2D eigenvalue weighted by molar-refractivity contribution is 0.413. The van der Waals surface area contributed by atoms with Crippen molar-refractivity contribution in [2.45, 2.75) is 19.4 Å². The van der Waals surface area contributed by atoms with Gasteiger partial charge in [-0.3, -0.25) is 0 Å². The number of anilines is 4. The van der Waals surface area contributed by atoms with Gasteiger partial charge in [-0.1, -0.05) is 18.2 Å². The number of methoxy groups -OCH3 is 1. The van der Waals surface area contributed by atoms with Gasteiger partial charge in [0.1, 0.15) is 11.6 Å². The normalized spacial score (nSPS) is 12.7. The van der Waals surface area contributed by atoms with Gasteiger partial charge in [0.25, 0.3) is 0 Å². The van der Waals surface area contributed by atoms with Crippen molar-refractivity contribution in [1.82, 2.24) is 29.4 Å². The Morgan fingerprint density at radius 1 is 1.12 bits per heavy atom. The summed E-state index contributed by atoms with van der Waals surface area (Å²) in [6, 6.07) is 10.4. The van der Waals surface area contributed by atoms with E-state index >= 15 is 0 Å². The van der Waals surface area contributed by atoms with E-state index in [1.807, 2.05) is 31.6 Å². The van der Waals surface area contributed by atoms with E-state index in [0.29, 0.717) is 23.1 Å². The third-order valence-corrected chi connectivity index (χ3v) is 7.51. The zero-order chi connectivity index (χ0) is 27.8. The minimum atomic E-state index is 0.448. The van der Waals surface area contributed by atoms with Gasteiger partial charge in [-0.2, -0.15) is 0 Å². The number of H-pyrrole nitrogens is 1. The number of nitrogens with zero attached hydrogens (tertiary/aromatic N) is 6. The SMILES string of the molecule is COc1cc(N(C)CCN(C)C)c(N)cc1Nc1ncc(-c2ncc[nH]2)c(-c2cn3c4c(cccc24)CCC3)n1. The van der Waals surface area contributed by atoms with Gasteiger partial charge in [0.15, 0.2) is 0 Å². The first-order chi connectivity index (χ1) is 19.4. The molecule has 2 aromatic carbocycles.